The molecule has 0 atom stereocenters. The van der Waals surface area contributed by atoms with Gasteiger partial charge in [-0.1, -0.05) is 25.4 Å². The lowest BCUT2D eigenvalue weighted by Gasteiger charge is -2.12. The Hall–Kier alpha value is -1.85. The number of H-pyrrole nitrogens is 1. The summed E-state index contributed by atoms with van der Waals surface area (Å²) in [7, 11) is 0. The molecule has 0 radical (unpaired) electrons. The first-order chi connectivity index (χ1) is 11.5. The largest absolute Gasteiger partial charge is 0.316 e. The van der Waals surface area contributed by atoms with Crippen molar-refractivity contribution in [3.8, 4) is 0 Å². The van der Waals surface area contributed by atoms with E-state index in [-0.39, 0.29) is 5.56 Å². The van der Waals surface area contributed by atoms with Crippen molar-refractivity contribution in [3.63, 3.8) is 0 Å². The summed E-state index contributed by atoms with van der Waals surface area (Å²) in [6.45, 7) is 8.80. The fourth-order valence-corrected chi connectivity index (χ4v) is 3.21. The van der Waals surface area contributed by atoms with Crippen molar-refractivity contribution in [2.45, 2.75) is 33.7 Å². The molecule has 0 amide bonds. The van der Waals surface area contributed by atoms with Gasteiger partial charge in [-0.05, 0) is 50.6 Å². The second kappa shape index (κ2) is 6.95. The van der Waals surface area contributed by atoms with E-state index in [2.05, 4.69) is 29.4 Å². The molecule has 0 aliphatic rings. The third-order valence-corrected chi connectivity index (χ3v) is 4.43. The molecule has 2 aromatic heterocycles. The maximum atomic E-state index is 12.9. The quantitative estimate of drug-likeness (QED) is 0.672. The standard InChI is InChI=1S/C18H23ClN4O/c1-11(2)10-20-7-4-8-23-15-6-5-13(19)9-14(15)17-16(18(23)24)12(3)21-22-17/h5-6,9,11,20H,4,7-8,10H2,1-3H3,(H,21,22). The Balaban J connectivity index is 2.00. The molecule has 0 unspecified atom stereocenters. The smallest absolute Gasteiger partial charge is 0.262 e. The van der Waals surface area contributed by atoms with Gasteiger partial charge in [0, 0.05) is 22.6 Å². The Bertz CT molecular complexity index is 926. The van der Waals surface area contributed by atoms with Gasteiger partial charge in [-0.3, -0.25) is 9.89 Å². The predicted octanol–water partition coefficient (Wildman–Crippen LogP) is 3.48. The number of halogens is 1. The van der Waals surface area contributed by atoms with Crippen LogP contribution >= 0.6 is 11.6 Å². The second-order valence-corrected chi connectivity index (χ2v) is 7.08. The first-order valence-corrected chi connectivity index (χ1v) is 8.74. The van der Waals surface area contributed by atoms with Crippen molar-refractivity contribution < 1.29 is 0 Å². The summed E-state index contributed by atoms with van der Waals surface area (Å²) in [6.07, 6.45) is 0.896. The SMILES string of the molecule is Cc1[nH]nc2c1c(=O)n(CCCNCC(C)C)c1ccc(Cl)cc21. The van der Waals surface area contributed by atoms with Crippen molar-refractivity contribution in [2.75, 3.05) is 13.1 Å². The molecule has 0 fully saturated rings. The number of nitrogens with zero attached hydrogens (tertiary/aromatic N) is 2. The number of hydrogen-bond acceptors (Lipinski definition) is 3. The van der Waals surface area contributed by atoms with Crippen LogP contribution in [0, 0.1) is 12.8 Å². The van der Waals surface area contributed by atoms with Crippen LogP contribution in [-0.2, 0) is 6.54 Å². The van der Waals surface area contributed by atoms with Crippen LogP contribution in [0.15, 0.2) is 23.0 Å². The van der Waals surface area contributed by atoms with Crippen LogP contribution in [0.2, 0.25) is 5.02 Å². The molecular formula is C18H23ClN4O. The highest BCUT2D eigenvalue weighted by atomic mass is 35.5. The number of rotatable bonds is 6. The van der Waals surface area contributed by atoms with E-state index in [0.717, 1.165) is 36.1 Å². The van der Waals surface area contributed by atoms with Crippen LogP contribution in [0.5, 0.6) is 0 Å². The first-order valence-electron chi connectivity index (χ1n) is 8.36. The van der Waals surface area contributed by atoms with E-state index < -0.39 is 0 Å². The Morgan fingerprint density at radius 1 is 1.38 bits per heavy atom. The molecule has 5 nitrogen and oxygen atoms in total. The average Bonchev–Trinajstić information content (AvgIpc) is 2.92. The molecule has 128 valence electrons. The van der Waals surface area contributed by atoms with Crippen LogP contribution in [0.25, 0.3) is 21.8 Å². The van der Waals surface area contributed by atoms with Crippen molar-refractivity contribution in [1.29, 1.82) is 0 Å². The summed E-state index contributed by atoms with van der Waals surface area (Å²) < 4.78 is 1.84. The van der Waals surface area contributed by atoms with Gasteiger partial charge in [-0.25, -0.2) is 0 Å². The number of pyridine rings is 1. The zero-order valence-corrected chi connectivity index (χ0v) is 15.1. The van der Waals surface area contributed by atoms with E-state index in [1.165, 1.54) is 0 Å². The number of hydrogen-bond donors (Lipinski definition) is 2. The van der Waals surface area contributed by atoms with Gasteiger partial charge in [0.25, 0.3) is 5.56 Å². The van der Waals surface area contributed by atoms with Crippen molar-refractivity contribution in [1.82, 2.24) is 20.1 Å². The van der Waals surface area contributed by atoms with E-state index in [4.69, 9.17) is 11.6 Å². The summed E-state index contributed by atoms with van der Waals surface area (Å²) in [5, 5.41) is 12.9. The van der Waals surface area contributed by atoms with Gasteiger partial charge in [0.2, 0.25) is 0 Å². The summed E-state index contributed by atoms with van der Waals surface area (Å²) >= 11 is 6.16. The molecule has 24 heavy (non-hydrogen) atoms. The monoisotopic (exact) mass is 346 g/mol. The minimum absolute atomic E-state index is 0.00920. The first kappa shape index (κ1) is 17.0. The number of aromatic amines is 1. The van der Waals surface area contributed by atoms with Crippen LogP contribution in [0.4, 0.5) is 0 Å². The van der Waals surface area contributed by atoms with E-state index in [9.17, 15) is 4.79 Å². The molecule has 2 heterocycles. The molecule has 0 spiro atoms. The van der Waals surface area contributed by atoms with E-state index >= 15 is 0 Å². The summed E-state index contributed by atoms with van der Waals surface area (Å²) in [6, 6.07) is 5.61. The third-order valence-electron chi connectivity index (χ3n) is 4.20. The van der Waals surface area contributed by atoms with Crippen LogP contribution in [0.3, 0.4) is 0 Å². The molecular weight excluding hydrogens is 324 g/mol. The molecule has 3 rings (SSSR count). The molecule has 1 aromatic carbocycles. The summed E-state index contributed by atoms with van der Waals surface area (Å²) in [4.78, 5) is 12.9. The van der Waals surface area contributed by atoms with Crippen molar-refractivity contribution in [2.24, 2.45) is 5.92 Å². The minimum Gasteiger partial charge on any atom is -0.316 e. The van der Waals surface area contributed by atoms with Crippen LogP contribution in [-0.4, -0.2) is 27.9 Å². The Morgan fingerprint density at radius 2 is 2.17 bits per heavy atom. The van der Waals surface area contributed by atoms with Gasteiger partial charge in [-0.15, -0.1) is 0 Å². The number of aryl methyl sites for hydroxylation is 2. The molecule has 0 saturated carbocycles. The predicted molar refractivity (Wildman–Crippen MR) is 99.9 cm³/mol. The van der Waals surface area contributed by atoms with E-state index in [1.54, 1.807) is 0 Å². The molecule has 3 aromatic rings. The van der Waals surface area contributed by atoms with Crippen LogP contribution < -0.4 is 10.9 Å². The zero-order chi connectivity index (χ0) is 17.3. The van der Waals surface area contributed by atoms with E-state index in [0.29, 0.717) is 28.4 Å². The Kier molecular flexibility index (Phi) is 4.92. The minimum atomic E-state index is 0.00920. The summed E-state index contributed by atoms with van der Waals surface area (Å²) in [5.74, 6) is 0.626. The molecule has 0 saturated heterocycles. The molecule has 6 heteroatoms. The normalized spacial score (nSPS) is 11.9. The number of nitrogens with one attached hydrogen (secondary N) is 2. The van der Waals surface area contributed by atoms with Gasteiger partial charge < -0.3 is 9.88 Å². The lowest BCUT2D eigenvalue weighted by atomic mass is 10.1. The molecule has 0 aliphatic carbocycles. The van der Waals surface area contributed by atoms with Crippen molar-refractivity contribution in [3.05, 3.63) is 39.3 Å². The second-order valence-electron chi connectivity index (χ2n) is 6.64. The van der Waals surface area contributed by atoms with Gasteiger partial charge in [0.15, 0.2) is 0 Å². The fraction of sp³-hybridized carbons (Fsp3) is 0.444. The van der Waals surface area contributed by atoms with Gasteiger partial charge in [-0.2, -0.15) is 5.10 Å². The highest BCUT2D eigenvalue weighted by Crippen LogP contribution is 2.25. The highest BCUT2D eigenvalue weighted by Gasteiger charge is 2.15. The Morgan fingerprint density at radius 3 is 2.92 bits per heavy atom. The lowest BCUT2D eigenvalue weighted by molar-refractivity contribution is 0.522. The number of aromatic nitrogens is 3. The van der Waals surface area contributed by atoms with Gasteiger partial charge in [0.05, 0.1) is 10.9 Å². The molecule has 0 aliphatic heterocycles. The molecule has 2 N–H and O–H groups in total. The topological polar surface area (TPSA) is 62.7 Å². The van der Waals surface area contributed by atoms with Crippen molar-refractivity contribution >= 4 is 33.4 Å². The number of fused-ring (bicyclic) bond motifs is 3. The lowest BCUT2D eigenvalue weighted by Crippen LogP contribution is -2.25. The van der Waals surface area contributed by atoms with Gasteiger partial charge in [0.1, 0.15) is 5.52 Å². The van der Waals surface area contributed by atoms with Crippen LogP contribution in [0.1, 0.15) is 26.0 Å². The maximum absolute atomic E-state index is 12.9. The maximum Gasteiger partial charge on any atom is 0.262 e. The molecule has 0 bridgehead atoms. The fourth-order valence-electron chi connectivity index (χ4n) is 3.04. The number of benzene rings is 1. The highest BCUT2D eigenvalue weighted by molar-refractivity contribution is 6.31. The zero-order valence-electron chi connectivity index (χ0n) is 14.3. The Labute approximate surface area is 146 Å². The third kappa shape index (κ3) is 3.19. The van der Waals surface area contributed by atoms with Gasteiger partial charge >= 0.3 is 0 Å². The van der Waals surface area contributed by atoms with E-state index in [1.807, 2.05) is 29.7 Å². The summed E-state index contributed by atoms with van der Waals surface area (Å²) in [5.41, 5.74) is 2.38. The average molecular weight is 347 g/mol.